The number of benzene rings is 2. The summed E-state index contributed by atoms with van der Waals surface area (Å²) < 4.78 is 0. The first kappa shape index (κ1) is 18.4. The standard InChI is InChI=1S/C18H20ClN3O.ClH/c19-15-4-6-17(7-5-15)21-8-10-22(11-9-21)18(23)13-14-2-1-3-16(20)12-14;/h1-7,12H,8-11,13,20H2;1H. The van der Waals surface area contributed by atoms with Gasteiger partial charge in [-0.3, -0.25) is 4.79 Å². The van der Waals surface area contributed by atoms with Gasteiger partial charge in [-0.2, -0.15) is 0 Å². The van der Waals surface area contributed by atoms with Gasteiger partial charge in [-0.15, -0.1) is 12.4 Å². The summed E-state index contributed by atoms with van der Waals surface area (Å²) in [5.74, 6) is 0.159. The Kier molecular flexibility index (Phi) is 6.35. The first-order chi connectivity index (χ1) is 11.1. The molecule has 0 saturated carbocycles. The Hall–Kier alpha value is -1.91. The van der Waals surface area contributed by atoms with Crippen LogP contribution in [0.3, 0.4) is 0 Å². The highest BCUT2D eigenvalue weighted by atomic mass is 35.5. The molecule has 0 radical (unpaired) electrons. The predicted molar refractivity (Wildman–Crippen MR) is 102 cm³/mol. The van der Waals surface area contributed by atoms with Gasteiger partial charge in [0.15, 0.2) is 0 Å². The molecule has 6 heteroatoms. The van der Waals surface area contributed by atoms with E-state index >= 15 is 0 Å². The smallest absolute Gasteiger partial charge is 0.227 e. The molecule has 0 aliphatic carbocycles. The van der Waals surface area contributed by atoms with Crippen molar-refractivity contribution in [3.63, 3.8) is 0 Å². The van der Waals surface area contributed by atoms with Crippen molar-refractivity contribution in [1.29, 1.82) is 0 Å². The quantitative estimate of drug-likeness (QED) is 0.849. The molecule has 128 valence electrons. The molecule has 0 bridgehead atoms. The molecule has 0 atom stereocenters. The van der Waals surface area contributed by atoms with Crippen molar-refractivity contribution in [3.05, 3.63) is 59.1 Å². The number of nitrogens with zero attached hydrogens (tertiary/aromatic N) is 2. The lowest BCUT2D eigenvalue weighted by Crippen LogP contribution is -2.49. The molecular weight excluding hydrogens is 345 g/mol. The highest BCUT2D eigenvalue weighted by Gasteiger charge is 2.21. The van der Waals surface area contributed by atoms with E-state index in [2.05, 4.69) is 4.90 Å². The normalized spacial score (nSPS) is 14.2. The molecule has 1 heterocycles. The van der Waals surface area contributed by atoms with E-state index < -0.39 is 0 Å². The lowest BCUT2D eigenvalue weighted by Gasteiger charge is -2.36. The summed E-state index contributed by atoms with van der Waals surface area (Å²) in [6.45, 7) is 3.15. The number of nitrogen functional groups attached to an aromatic ring is 1. The van der Waals surface area contributed by atoms with Crippen LogP contribution < -0.4 is 10.6 Å². The summed E-state index contributed by atoms with van der Waals surface area (Å²) in [7, 11) is 0. The molecule has 0 aromatic heterocycles. The SMILES string of the molecule is Cl.Nc1cccc(CC(=O)N2CCN(c3ccc(Cl)cc3)CC2)c1. The third kappa shape index (κ3) is 4.56. The second kappa shape index (κ2) is 8.27. The maximum Gasteiger partial charge on any atom is 0.227 e. The Morgan fingerprint density at radius 3 is 2.33 bits per heavy atom. The van der Waals surface area contributed by atoms with Crippen LogP contribution in [0.1, 0.15) is 5.56 Å². The van der Waals surface area contributed by atoms with E-state index in [1.54, 1.807) is 0 Å². The Balaban J connectivity index is 0.00000208. The Labute approximate surface area is 153 Å². The van der Waals surface area contributed by atoms with Gasteiger partial charge < -0.3 is 15.5 Å². The minimum Gasteiger partial charge on any atom is -0.399 e. The highest BCUT2D eigenvalue weighted by molar-refractivity contribution is 6.30. The number of hydrogen-bond acceptors (Lipinski definition) is 3. The van der Waals surface area contributed by atoms with Crippen LogP contribution in [0.4, 0.5) is 11.4 Å². The summed E-state index contributed by atoms with van der Waals surface area (Å²) in [5, 5.41) is 0.740. The van der Waals surface area contributed by atoms with Crippen molar-refractivity contribution in [1.82, 2.24) is 4.90 Å². The molecule has 1 fully saturated rings. The number of carbonyl (C=O) groups is 1. The fourth-order valence-electron chi connectivity index (χ4n) is 2.86. The topological polar surface area (TPSA) is 49.6 Å². The average Bonchev–Trinajstić information content (AvgIpc) is 2.56. The maximum absolute atomic E-state index is 12.4. The molecule has 2 N–H and O–H groups in total. The number of hydrogen-bond donors (Lipinski definition) is 1. The monoisotopic (exact) mass is 365 g/mol. The van der Waals surface area contributed by atoms with Crippen LogP contribution >= 0.6 is 24.0 Å². The number of rotatable bonds is 3. The van der Waals surface area contributed by atoms with Gasteiger partial charge in [0, 0.05) is 42.6 Å². The van der Waals surface area contributed by atoms with E-state index in [9.17, 15) is 4.79 Å². The highest BCUT2D eigenvalue weighted by Crippen LogP contribution is 2.19. The molecule has 24 heavy (non-hydrogen) atoms. The molecule has 2 aromatic rings. The van der Waals surface area contributed by atoms with Gasteiger partial charge in [-0.25, -0.2) is 0 Å². The van der Waals surface area contributed by atoms with Gasteiger partial charge in [0.1, 0.15) is 0 Å². The van der Waals surface area contributed by atoms with Crippen LogP contribution in [0.5, 0.6) is 0 Å². The molecule has 1 aliphatic heterocycles. The third-order valence-electron chi connectivity index (χ3n) is 4.13. The van der Waals surface area contributed by atoms with E-state index in [-0.39, 0.29) is 18.3 Å². The van der Waals surface area contributed by atoms with Crippen molar-refractivity contribution in [2.45, 2.75) is 6.42 Å². The molecule has 1 amide bonds. The van der Waals surface area contributed by atoms with E-state index in [0.29, 0.717) is 12.1 Å². The molecule has 3 rings (SSSR count). The van der Waals surface area contributed by atoms with Gasteiger partial charge in [-0.05, 0) is 42.0 Å². The zero-order valence-electron chi connectivity index (χ0n) is 13.3. The summed E-state index contributed by atoms with van der Waals surface area (Å²) >= 11 is 5.92. The molecule has 4 nitrogen and oxygen atoms in total. The number of carbonyl (C=O) groups excluding carboxylic acids is 1. The largest absolute Gasteiger partial charge is 0.399 e. The van der Waals surface area contributed by atoms with Crippen LogP contribution in [-0.2, 0) is 11.2 Å². The number of anilines is 2. The summed E-state index contributed by atoms with van der Waals surface area (Å²) in [5.41, 5.74) is 8.58. The van der Waals surface area contributed by atoms with Crippen LogP contribution in [0, 0.1) is 0 Å². The molecule has 1 saturated heterocycles. The van der Waals surface area contributed by atoms with Gasteiger partial charge in [-0.1, -0.05) is 23.7 Å². The van der Waals surface area contributed by atoms with Crippen LogP contribution in [0.2, 0.25) is 5.02 Å². The number of nitrogens with two attached hydrogens (primary N) is 1. The second-order valence-electron chi connectivity index (χ2n) is 5.77. The fraction of sp³-hybridized carbons (Fsp3) is 0.278. The van der Waals surface area contributed by atoms with E-state index in [4.69, 9.17) is 17.3 Å². The number of piperazine rings is 1. The van der Waals surface area contributed by atoms with Gasteiger partial charge in [0.25, 0.3) is 0 Å². The molecule has 0 unspecified atom stereocenters. The Morgan fingerprint density at radius 1 is 1.04 bits per heavy atom. The van der Waals surface area contributed by atoms with Crippen molar-refractivity contribution < 1.29 is 4.79 Å². The van der Waals surface area contributed by atoms with E-state index in [0.717, 1.165) is 42.5 Å². The van der Waals surface area contributed by atoms with Gasteiger partial charge in [0.2, 0.25) is 5.91 Å². The van der Waals surface area contributed by atoms with Crippen LogP contribution in [-0.4, -0.2) is 37.0 Å². The third-order valence-corrected chi connectivity index (χ3v) is 4.38. The van der Waals surface area contributed by atoms with Crippen LogP contribution in [0.25, 0.3) is 0 Å². The predicted octanol–water partition coefficient (Wildman–Crippen LogP) is 3.24. The van der Waals surface area contributed by atoms with Crippen molar-refractivity contribution in [3.8, 4) is 0 Å². The van der Waals surface area contributed by atoms with E-state index in [1.807, 2.05) is 53.4 Å². The fourth-order valence-corrected chi connectivity index (χ4v) is 2.98. The summed E-state index contributed by atoms with van der Waals surface area (Å²) in [6, 6.07) is 15.4. The Morgan fingerprint density at radius 2 is 1.71 bits per heavy atom. The number of halogens is 2. The summed E-state index contributed by atoms with van der Waals surface area (Å²) in [4.78, 5) is 16.6. The maximum atomic E-state index is 12.4. The second-order valence-corrected chi connectivity index (χ2v) is 6.20. The van der Waals surface area contributed by atoms with E-state index in [1.165, 1.54) is 0 Å². The van der Waals surface area contributed by atoms with Gasteiger partial charge in [0.05, 0.1) is 6.42 Å². The minimum absolute atomic E-state index is 0. The summed E-state index contributed by atoms with van der Waals surface area (Å²) in [6.07, 6.45) is 0.409. The molecular formula is C18H21Cl2N3O. The lowest BCUT2D eigenvalue weighted by atomic mass is 10.1. The molecule has 1 aliphatic rings. The van der Waals surface area contributed by atoms with Gasteiger partial charge >= 0.3 is 0 Å². The average molecular weight is 366 g/mol. The molecule has 2 aromatic carbocycles. The molecule has 0 spiro atoms. The Bertz CT molecular complexity index is 683. The van der Waals surface area contributed by atoms with Crippen LogP contribution in [0.15, 0.2) is 48.5 Å². The lowest BCUT2D eigenvalue weighted by molar-refractivity contribution is -0.130. The first-order valence-electron chi connectivity index (χ1n) is 7.74. The minimum atomic E-state index is 0. The van der Waals surface area contributed by atoms with Crippen molar-refractivity contribution in [2.24, 2.45) is 0 Å². The zero-order valence-corrected chi connectivity index (χ0v) is 14.9. The first-order valence-corrected chi connectivity index (χ1v) is 8.12. The zero-order chi connectivity index (χ0) is 16.2. The number of amides is 1. The van der Waals surface area contributed by atoms with Crippen molar-refractivity contribution >= 4 is 41.3 Å². The van der Waals surface area contributed by atoms with Crippen molar-refractivity contribution in [2.75, 3.05) is 36.8 Å².